The summed E-state index contributed by atoms with van der Waals surface area (Å²) in [6, 6.07) is 32.5. The van der Waals surface area contributed by atoms with Crippen molar-refractivity contribution in [1.29, 1.82) is 0 Å². The second-order valence-corrected chi connectivity index (χ2v) is 21.2. The average molecular weight is 769 g/mol. The monoisotopic (exact) mass is 768 g/mol. The van der Waals surface area contributed by atoms with Gasteiger partial charge in [0.15, 0.2) is 0 Å². The highest BCUT2D eigenvalue weighted by Crippen LogP contribution is 2.68. The summed E-state index contributed by atoms with van der Waals surface area (Å²) in [7, 11) is 4.21. The molecular weight excluding hydrogens is 709 g/mol. The standard InChI is InChI=1S/C53H60N4O/c1-49(2,3)33-25-38-39-26-34(50(4,5)6)28-43(52(10,11)12)47(39)53(46(38)42(27-33)51(7,8)9)40-22-21-37(58-36-18-15-17-35(29-36)56-24-23-54(13)31-56)30-45(40)57-32-55(14)44-20-16-19-41(53)48(44)57/h15-30H,32H2,1-14H3. The van der Waals surface area contributed by atoms with Crippen LogP contribution >= 0.6 is 0 Å². The summed E-state index contributed by atoms with van der Waals surface area (Å²) in [5, 5.41) is 0. The zero-order chi connectivity index (χ0) is 41.5. The molecule has 5 aromatic carbocycles. The Bertz CT molecular complexity index is 2570. The van der Waals surface area contributed by atoms with Crippen LogP contribution in [0.25, 0.3) is 16.8 Å². The molecule has 0 radical (unpaired) electrons. The van der Waals surface area contributed by atoms with Gasteiger partial charge >= 0.3 is 0 Å². The van der Waals surface area contributed by atoms with Crippen LogP contribution in [0.2, 0.25) is 0 Å². The number of para-hydroxylation sites is 1. The van der Waals surface area contributed by atoms with Crippen molar-refractivity contribution in [3.05, 3.63) is 148 Å². The number of fused-ring (bicyclic) bond motifs is 9. The Morgan fingerprint density at radius 1 is 0.621 bits per heavy atom. The molecule has 1 aromatic heterocycles. The molecule has 3 heterocycles. The number of aromatic nitrogens is 2. The molecule has 1 aliphatic carbocycles. The Morgan fingerprint density at radius 2 is 1.21 bits per heavy atom. The molecule has 298 valence electrons. The molecule has 5 heteroatoms. The van der Waals surface area contributed by atoms with Gasteiger partial charge in [-0.05, 0) is 102 Å². The largest absolute Gasteiger partial charge is 0.458 e. The third-order valence-corrected chi connectivity index (χ3v) is 12.8. The van der Waals surface area contributed by atoms with Crippen molar-refractivity contribution in [3.63, 3.8) is 0 Å². The SMILES string of the molecule is CN1CN2c3cc(Oc4cccc(-n5[c-][n+](C)cc5)c4)ccc3C3(c4cccc1c42)c1c(cc(C(C)(C)C)cc1C(C)(C)C)-c1cc(C(C)(C)C)cc(C(C)(C)C)c13. The minimum atomic E-state index is -0.580. The molecule has 1 spiro atoms. The minimum Gasteiger partial charge on any atom is -0.458 e. The molecule has 58 heavy (non-hydrogen) atoms. The van der Waals surface area contributed by atoms with E-state index in [4.69, 9.17) is 4.74 Å². The first-order valence-electron chi connectivity index (χ1n) is 21.0. The van der Waals surface area contributed by atoms with E-state index in [2.05, 4.69) is 185 Å². The molecule has 6 aromatic rings. The van der Waals surface area contributed by atoms with Crippen molar-refractivity contribution in [2.24, 2.45) is 7.05 Å². The number of hydrogen-bond acceptors (Lipinski definition) is 3. The predicted molar refractivity (Wildman–Crippen MR) is 240 cm³/mol. The Hall–Kier alpha value is -5.29. The van der Waals surface area contributed by atoms with E-state index < -0.39 is 5.41 Å². The first-order chi connectivity index (χ1) is 27.1. The molecule has 5 nitrogen and oxygen atoms in total. The van der Waals surface area contributed by atoms with Gasteiger partial charge < -0.3 is 23.7 Å². The quantitative estimate of drug-likeness (QED) is 0.132. The summed E-state index contributed by atoms with van der Waals surface area (Å²) < 4.78 is 10.7. The Labute approximate surface area is 346 Å². The van der Waals surface area contributed by atoms with Crippen molar-refractivity contribution in [3.8, 4) is 28.3 Å². The molecule has 0 fully saturated rings. The molecule has 2 aliphatic heterocycles. The molecular formula is C53H60N4O. The average Bonchev–Trinajstić information content (AvgIpc) is 3.81. The third-order valence-electron chi connectivity index (χ3n) is 12.8. The Balaban J connectivity index is 1.40. The number of nitrogens with zero attached hydrogens (tertiary/aromatic N) is 4. The molecule has 0 bridgehead atoms. The number of imidazole rings is 1. The van der Waals surface area contributed by atoms with Gasteiger partial charge in [-0.1, -0.05) is 138 Å². The van der Waals surface area contributed by atoms with Gasteiger partial charge in [0, 0.05) is 25.5 Å². The normalized spacial score (nSPS) is 15.4. The summed E-state index contributed by atoms with van der Waals surface area (Å²) in [6.45, 7) is 29.4. The maximum atomic E-state index is 6.82. The summed E-state index contributed by atoms with van der Waals surface area (Å²) in [4.78, 5) is 4.95. The summed E-state index contributed by atoms with van der Waals surface area (Å²) in [6.07, 6.45) is 7.33. The summed E-state index contributed by atoms with van der Waals surface area (Å²) in [5.74, 6) is 1.61. The van der Waals surface area contributed by atoms with E-state index in [0.29, 0.717) is 0 Å². The third kappa shape index (κ3) is 5.67. The molecule has 3 aliphatic rings. The lowest BCUT2D eigenvalue weighted by molar-refractivity contribution is -0.674. The van der Waals surface area contributed by atoms with E-state index >= 15 is 0 Å². The highest BCUT2D eigenvalue weighted by atomic mass is 16.5. The lowest BCUT2D eigenvalue weighted by atomic mass is 9.59. The van der Waals surface area contributed by atoms with Crippen molar-refractivity contribution in [2.75, 3.05) is 23.5 Å². The fourth-order valence-corrected chi connectivity index (χ4v) is 9.85. The highest BCUT2D eigenvalue weighted by molar-refractivity contribution is 6.00. The maximum Gasteiger partial charge on any atom is 0.243 e. The van der Waals surface area contributed by atoms with Gasteiger partial charge in [-0.3, -0.25) is 0 Å². The molecule has 0 atom stereocenters. The predicted octanol–water partition coefficient (Wildman–Crippen LogP) is 12.3. The second-order valence-electron chi connectivity index (χ2n) is 21.2. The second kappa shape index (κ2) is 12.4. The van der Waals surface area contributed by atoms with Crippen molar-refractivity contribution < 1.29 is 9.30 Å². The topological polar surface area (TPSA) is 24.5 Å². The molecule has 9 rings (SSSR count). The van der Waals surface area contributed by atoms with E-state index in [0.717, 1.165) is 23.9 Å². The first kappa shape index (κ1) is 38.2. The van der Waals surface area contributed by atoms with Gasteiger partial charge in [-0.2, -0.15) is 0 Å². The summed E-state index contributed by atoms with van der Waals surface area (Å²) in [5.41, 5.74) is 17.7. The van der Waals surface area contributed by atoms with Gasteiger partial charge in [0.05, 0.1) is 41.9 Å². The molecule has 0 unspecified atom stereocenters. The molecule has 0 saturated heterocycles. The van der Waals surface area contributed by atoms with Gasteiger partial charge in [0.2, 0.25) is 6.33 Å². The van der Waals surface area contributed by atoms with Gasteiger partial charge in [0.1, 0.15) is 11.5 Å². The van der Waals surface area contributed by atoms with Crippen molar-refractivity contribution in [1.82, 2.24) is 4.57 Å². The van der Waals surface area contributed by atoms with Gasteiger partial charge in [-0.25, -0.2) is 0 Å². The fraction of sp³-hybridized carbons (Fsp3) is 0.377. The lowest BCUT2D eigenvalue weighted by Gasteiger charge is -2.46. The number of ether oxygens (including phenoxy) is 1. The van der Waals surface area contributed by atoms with Gasteiger partial charge in [0.25, 0.3) is 0 Å². The van der Waals surface area contributed by atoms with Crippen LogP contribution in [0.5, 0.6) is 11.5 Å². The van der Waals surface area contributed by atoms with E-state index in [9.17, 15) is 0 Å². The zero-order valence-electron chi connectivity index (χ0n) is 37.1. The van der Waals surface area contributed by atoms with Crippen LogP contribution in [0.4, 0.5) is 17.1 Å². The van der Waals surface area contributed by atoms with E-state index in [-0.39, 0.29) is 21.7 Å². The van der Waals surface area contributed by atoms with Crippen LogP contribution in [-0.2, 0) is 34.1 Å². The van der Waals surface area contributed by atoms with Crippen LogP contribution in [0.3, 0.4) is 0 Å². The van der Waals surface area contributed by atoms with E-state index in [1.807, 2.05) is 34.6 Å². The van der Waals surface area contributed by atoms with Crippen LogP contribution in [-0.4, -0.2) is 18.3 Å². The number of benzene rings is 5. The van der Waals surface area contributed by atoms with Crippen LogP contribution in [0.15, 0.2) is 97.3 Å². The molecule has 0 amide bonds. The number of anilines is 3. The zero-order valence-corrected chi connectivity index (χ0v) is 37.1. The van der Waals surface area contributed by atoms with Crippen LogP contribution in [0, 0.1) is 6.33 Å². The maximum absolute atomic E-state index is 6.82. The van der Waals surface area contributed by atoms with Gasteiger partial charge in [-0.15, -0.1) is 0 Å². The van der Waals surface area contributed by atoms with Crippen molar-refractivity contribution >= 4 is 17.1 Å². The minimum absolute atomic E-state index is 0.0298. The first-order valence-corrected chi connectivity index (χ1v) is 21.0. The number of hydrogen-bond donors (Lipinski definition) is 0. The van der Waals surface area contributed by atoms with Crippen molar-refractivity contribution in [2.45, 2.75) is 110 Å². The summed E-state index contributed by atoms with van der Waals surface area (Å²) >= 11 is 0. The Morgan fingerprint density at radius 3 is 1.76 bits per heavy atom. The number of aryl methyl sites for hydroxylation is 1. The highest BCUT2D eigenvalue weighted by Gasteiger charge is 2.57. The molecule has 0 saturated carbocycles. The van der Waals surface area contributed by atoms with Crippen LogP contribution in [0.1, 0.15) is 128 Å². The lowest BCUT2D eigenvalue weighted by Crippen LogP contribution is -2.40. The number of rotatable bonds is 3. The van der Waals surface area contributed by atoms with E-state index in [1.165, 1.54) is 72.7 Å². The van der Waals surface area contributed by atoms with Crippen LogP contribution < -0.4 is 19.1 Å². The fourth-order valence-electron chi connectivity index (χ4n) is 9.85. The molecule has 0 N–H and O–H groups in total. The Kier molecular flexibility index (Phi) is 8.15. The van der Waals surface area contributed by atoms with E-state index in [1.54, 1.807) is 0 Å². The smallest absolute Gasteiger partial charge is 0.243 e.